The number of fused-ring (bicyclic) bond motifs is 2. The Hall–Kier alpha value is -2.42. The van der Waals surface area contributed by atoms with Gasteiger partial charge in [0.15, 0.2) is 0 Å². The van der Waals surface area contributed by atoms with Gasteiger partial charge >= 0.3 is 23.9 Å². The standard InChI is InChI=1S/C24H32O9/c1-12-7-17-8-18-20(32-15(4)27)21(33-16(5)28)22(6,24(18)11-30-24)23(17,10-29-13(2)25)9-19(12)31-14(3)26/h7,17-21H,8-11H2,1-6H3/t17?,18-,19+,20+,21-,22-,23-,24+/m1/s1. The first-order valence-electron chi connectivity index (χ1n) is 11.4. The maximum absolute atomic E-state index is 12.2. The van der Waals surface area contributed by atoms with Gasteiger partial charge in [-0.05, 0) is 31.3 Å². The van der Waals surface area contributed by atoms with Crippen molar-refractivity contribution in [1.29, 1.82) is 0 Å². The van der Waals surface area contributed by atoms with Crippen molar-refractivity contribution in [3.63, 3.8) is 0 Å². The Morgan fingerprint density at radius 1 is 1.00 bits per heavy atom. The lowest BCUT2D eigenvalue weighted by atomic mass is 9.45. The average molecular weight is 465 g/mol. The Bertz CT molecular complexity index is 919. The van der Waals surface area contributed by atoms with Gasteiger partial charge in [-0.3, -0.25) is 19.2 Å². The van der Waals surface area contributed by atoms with E-state index in [9.17, 15) is 19.2 Å². The summed E-state index contributed by atoms with van der Waals surface area (Å²) in [6.45, 7) is 9.69. The van der Waals surface area contributed by atoms with Gasteiger partial charge in [-0.25, -0.2) is 0 Å². The van der Waals surface area contributed by atoms with Crippen molar-refractivity contribution in [3.05, 3.63) is 11.6 Å². The largest absolute Gasteiger partial charge is 0.465 e. The zero-order valence-corrected chi connectivity index (χ0v) is 20.0. The number of carbonyl (C=O) groups excluding carboxylic acids is 4. The molecule has 1 aliphatic heterocycles. The Labute approximate surface area is 193 Å². The van der Waals surface area contributed by atoms with Crippen molar-refractivity contribution in [1.82, 2.24) is 0 Å². The molecule has 3 fully saturated rings. The molecule has 0 aromatic carbocycles. The van der Waals surface area contributed by atoms with Gasteiger partial charge in [-0.2, -0.15) is 0 Å². The van der Waals surface area contributed by atoms with Crippen molar-refractivity contribution in [2.75, 3.05) is 13.2 Å². The molecule has 3 aliphatic carbocycles. The minimum Gasteiger partial charge on any atom is -0.465 e. The molecule has 0 aromatic rings. The zero-order chi connectivity index (χ0) is 24.3. The lowest BCUT2D eigenvalue weighted by molar-refractivity contribution is -0.202. The van der Waals surface area contributed by atoms with Crippen LogP contribution in [0.5, 0.6) is 0 Å². The summed E-state index contributed by atoms with van der Waals surface area (Å²) in [5.41, 5.74) is -1.44. The monoisotopic (exact) mass is 464 g/mol. The van der Waals surface area contributed by atoms with Crippen LogP contribution in [0.1, 0.15) is 54.4 Å². The van der Waals surface area contributed by atoms with Gasteiger partial charge in [0.1, 0.15) is 23.9 Å². The Morgan fingerprint density at radius 3 is 2.12 bits per heavy atom. The molecule has 1 spiro atoms. The summed E-state index contributed by atoms with van der Waals surface area (Å²) in [6.07, 6.45) is 1.00. The molecule has 0 amide bonds. The smallest absolute Gasteiger partial charge is 0.303 e. The lowest BCUT2D eigenvalue weighted by Gasteiger charge is -2.59. The van der Waals surface area contributed by atoms with Gasteiger partial charge in [0, 0.05) is 44.4 Å². The van der Waals surface area contributed by atoms with Crippen molar-refractivity contribution >= 4 is 23.9 Å². The number of hydrogen-bond donors (Lipinski definition) is 0. The Kier molecular flexibility index (Phi) is 5.62. The first-order valence-corrected chi connectivity index (χ1v) is 11.4. The summed E-state index contributed by atoms with van der Waals surface area (Å²) >= 11 is 0. The van der Waals surface area contributed by atoms with E-state index in [0.29, 0.717) is 19.4 Å². The van der Waals surface area contributed by atoms with Crippen molar-refractivity contribution in [2.45, 2.75) is 78.3 Å². The van der Waals surface area contributed by atoms with E-state index in [1.807, 2.05) is 13.8 Å². The fraction of sp³-hybridized carbons (Fsp3) is 0.750. The molecular weight excluding hydrogens is 432 g/mol. The molecule has 1 heterocycles. The number of carbonyl (C=O) groups is 4. The van der Waals surface area contributed by atoms with E-state index in [1.54, 1.807) is 0 Å². The van der Waals surface area contributed by atoms with Gasteiger partial charge < -0.3 is 23.7 Å². The van der Waals surface area contributed by atoms with Crippen LogP contribution in [0.25, 0.3) is 0 Å². The zero-order valence-electron chi connectivity index (χ0n) is 20.0. The summed E-state index contributed by atoms with van der Waals surface area (Å²) in [6, 6.07) is 0. The highest BCUT2D eigenvalue weighted by Crippen LogP contribution is 2.76. The lowest BCUT2D eigenvalue weighted by Crippen LogP contribution is -2.64. The maximum Gasteiger partial charge on any atom is 0.303 e. The molecule has 1 saturated heterocycles. The van der Waals surface area contributed by atoms with Crippen molar-refractivity contribution in [2.24, 2.45) is 22.7 Å². The number of allylic oxidation sites excluding steroid dienone is 1. The molecule has 0 radical (unpaired) electrons. The van der Waals surface area contributed by atoms with Gasteiger partial charge in [0.05, 0.1) is 13.2 Å². The molecule has 2 saturated carbocycles. The molecule has 0 aromatic heterocycles. The first-order chi connectivity index (χ1) is 15.4. The van der Waals surface area contributed by atoms with Crippen molar-refractivity contribution in [3.8, 4) is 0 Å². The molecule has 9 heteroatoms. The van der Waals surface area contributed by atoms with Gasteiger partial charge in [-0.1, -0.05) is 13.0 Å². The second-order valence-corrected chi connectivity index (χ2v) is 10.1. The third-order valence-electron chi connectivity index (χ3n) is 8.41. The highest BCUT2D eigenvalue weighted by molar-refractivity contribution is 5.68. The molecular formula is C24H32O9. The van der Waals surface area contributed by atoms with Crippen LogP contribution in [0.4, 0.5) is 0 Å². The summed E-state index contributed by atoms with van der Waals surface area (Å²) in [5.74, 6) is -2.10. The van der Waals surface area contributed by atoms with E-state index in [-0.39, 0.29) is 18.4 Å². The normalized spacial score (nSPS) is 42.6. The summed E-state index contributed by atoms with van der Waals surface area (Å²) in [5, 5.41) is 0. The van der Waals surface area contributed by atoms with Crippen LogP contribution >= 0.6 is 0 Å². The van der Waals surface area contributed by atoms with Crippen LogP contribution in [-0.4, -0.2) is 61.0 Å². The van der Waals surface area contributed by atoms with E-state index >= 15 is 0 Å². The first kappa shape index (κ1) is 23.7. The number of esters is 4. The van der Waals surface area contributed by atoms with Crippen molar-refractivity contribution < 1.29 is 42.9 Å². The summed E-state index contributed by atoms with van der Waals surface area (Å²) < 4.78 is 29.0. The minimum absolute atomic E-state index is 0.0351. The van der Waals surface area contributed by atoms with Crippen LogP contribution in [0.15, 0.2) is 11.6 Å². The van der Waals surface area contributed by atoms with Gasteiger partial charge in [0.25, 0.3) is 0 Å². The Balaban J connectivity index is 1.90. The number of epoxide rings is 1. The molecule has 4 rings (SSSR count). The van der Waals surface area contributed by atoms with Crippen LogP contribution < -0.4 is 0 Å². The van der Waals surface area contributed by atoms with Gasteiger partial charge in [0.2, 0.25) is 0 Å². The van der Waals surface area contributed by atoms with E-state index in [0.717, 1.165) is 5.57 Å². The third kappa shape index (κ3) is 3.38. The topological polar surface area (TPSA) is 118 Å². The molecule has 1 unspecified atom stereocenters. The Morgan fingerprint density at radius 2 is 1.61 bits per heavy atom. The number of hydrogen-bond acceptors (Lipinski definition) is 9. The van der Waals surface area contributed by atoms with Crippen LogP contribution in [0.2, 0.25) is 0 Å². The molecule has 4 aliphatic rings. The van der Waals surface area contributed by atoms with Crippen LogP contribution in [0.3, 0.4) is 0 Å². The predicted molar refractivity (Wildman–Crippen MR) is 112 cm³/mol. The van der Waals surface area contributed by atoms with Crippen LogP contribution in [0, 0.1) is 22.7 Å². The van der Waals surface area contributed by atoms with Crippen LogP contribution in [-0.2, 0) is 42.9 Å². The molecule has 2 bridgehead atoms. The van der Waals surface area contributed by atoms with E-state index < -0.39 is 58.6 Å². The fourth-order valence-corrected chi connectivity index (χ4v) is 7.02. The predicted octanol–water partition coefficient (Wildman–Crippen LogP) is 2.11. The molecule has 8 atom stereocenters. The molecule has 9 nitrogen and oxygen atoms in total. The highest BCUT2D eigenvalue weighted by atomic mass is 16.6. The highest BCUT2D eigenvalue weighted by Gasteiger charge is 2.85. The second kappa shape index (κ2) is 7.82. The summed E-state index contributed by atoms with van der Waals surface area (Å²) in [7, 11) is 0. The number of ether oxygens (including phenoxy) is 5. The average Bonchev–Trinajstić information content (AvgIpc) is 3.47. The SMILES string of the molecule is CC(=O)OC[C@]12C[C@H](OC(C)=O)C(C)=CC1C[C@@H]1[C@H](OC(C)=O)[C@@H](OC(C)=O)[C@@]2(C)[C@]12CO2. The maximum atomic E-state index is 12.2. The van der Waals surface area contributed by atoms with Gasteiger partial charge in [-0.15, -0.1) is 0 Å². The molecule has 33 heavy (non-hydrogen) atoms. The summed E-state index contributed by atoms with van der Waals surface area (Å²) in [4.78, 5) is 48.1. The quantitative estimate of drug-likeness (QED) is 0.261. The number of rotatable bonds is 5. The molecule has 182 valence electrons. The third-order valence-corrected chi connectivity index (χ3v) is 8.41. The van der Waals surface area contributed by atoms with E-state index in [2.05, 4.69) is 6.08 Å². The molecule has 0 N–H and O–H groups in total. The minimum atomic E-state index is -0.871. The fourth-order valence-electron chi connectivity index (χ4n) is 7.02. The van der Waals surface area contributed by atoms with E-state index in [4.69, 9.17) is 23.7 Å². The van der Waals surface area contributed by atoms with E-state index in [1.165, 1.54) is 27.7 Å². The second-order valence-electron chi connectivity index (χ2n) is 10.1.